The molecule has 0 aliphatic carbocycles. The van der Waals surface area contributed by atoms with Crippen molar-refractivity contribution in [2.24, 2.45) is 0 Å². The predicted octanol–water partition coefficient (Wildman–Crippen LogP) is 5.02. The minimum atomic E-state index is -3.58. The van der Waals surface area contributed by atoms with E-state index >= 15 is 4.39 Å². The quantitative estimate of drug-likeness (QED) is 0.257. The second kappa shape index (κ2) is 12.1. The lowest BCUT2D eigenvalue weighted by molar-refractivity contribution is -0.142. The van der Waals surface area contributed by atoms with Crippen LogP contribution < -0.4 is 9.80 Å². The lowest BCUT2D eigenvalue weighted by Crippen LogP contribution is -2.58. The van der Waals surface area contributed by atoms with Crippen LogP contribution in [-0.4, -0.2) is 74.7 Å². The van der Waals surface area contributed by atoms with E-state index in [4.69, 9.17) is 9.72 Å². The van der Waals surface area contributed by atoms with Gasteiger partial charge in [0.05, 0.1) is 19.1 Å². The summed E-state index contributed by atoms with van der Waals surface area (Å²) in [6, 6.07) is 11.7. The number of benzene rings is 2. The number of rotatable bonds is 7. The highest BCUT2D eigenvalue weighted by Gasteiger charge is 2.37. The average Bonchev–Trinajstić information content (AvgIpc) is 3.44. The Balaban J connectivity index is 1.65. The number of pyridine rings is 1. The van der Waals surface area contributed by atoms with Crippen molar-refractivity contribution < 1.29 is 26.7 Å². The molecule has 0 radical (unpaired) electrons. The van der Waals surface area contributed by atoms with Crippen LogP contribution in [0.15, 0.2) is 42.5 Å². The van der Waals surface area contributed by atoms with Crippen molar-refractivity contribution in [2.45, 2.75) is 25.8 Å². The van der Waals surface area contributed by atoms with Crippen LogP contribution in [0.25, 0.3) is 22.2 Å². The second-order valence-corrected chi connectivity index (χ2v) is 13.7. The summed E-state index contributed by atoms with van der Waals surface area (Å²) in [5, 5.41) is 10.7. The van der Waals surface area contributed by atoms with Crippen molar-refractivity contribution >= 4 is 54.7 Å². The number of anilines is 3. The number of nitriles is 1. The lowest BCUT2D eigenvalue weighted by Gasteiger charge is -2.40. The van der Waals surface area contributed by atoms with Gasteiger partial charge in [-0.15, -0.1) is 0 Å². The summed E-state index contributed by atoms with van der Waals surface area (Å²) in [7, 11) is -0.608. The highest BCUT2D eigenvalue weighted by molar-refractivity contribution is 7.88. The van der Waals surface area contributed by atoms with Crippen LogP contribution in [-0.2, 0) is 19.6 Å². The van der Waals surface area contributed by atoms with Gasteiger partial charge in [-0.25, -0.2) is 32.0 Å². The van der Waals surface area contributed by atoms with Gasteiger partial charge in [-0.1, -0.05) is 25.2 Å². The second-order valence-electron chi connectivity index (χ2n) is 10.7. The van der Waals surface area contributed by atoms with Crippen molar-refractivity contribution in [3.63, 3.8) is 0 Å². The van der Waals surface area contributed by atoms with E-state index in [0.717, 1.165) is 17.6 Å². The van der Waals surface area contributed by atoms with Gasteiger partial charge in [-0.05, 0) is 48.4 Å². The molecule has 0 spiro atoms. The molecule has 1 saturated heterocycles. The Morgan fingerprint density at radius 3 is 2.48 bits per heavy atom. The molecule has 5 rings (SSSR count). The van der Waals surface area contributed by atoms with E-state index in [0.29, 0.717) is 43.7 Å². The van der Waals surface area contributed by atoms with Gasteiger partial charge < -0.3 is 14.5 Å². The molecule has 1 aliphatic heterocycles. The maximum atomic E-state index is 15.9. The number of thiazole rings is 1. The van der Waals surface area contributed by atoms with Crippen LogP contribution in [0.3, 0.4) is 0 Å². The van der Waals surface area contributed by atoms with E-state index in [1.54, 1.807) is 35.0 Å². The van der Waals surface area contributed by atoms with Crippen LogP contribution in [0.4, 0.5) is 25.3 Å². The Kier molecular flexibility index (Phi) is 8.57. The molecule has 2 aromatic carbocycles. The van der Waals surface area contributed by atoms with Crippen LogP contribution in [0, 0.1) is 23.0 Å². The third-order valence-electron chi connectivity index (χ3n) is 7.54. The summed E-state index contributed by atoms with van der Waals surface area (Å²) in [6.45, 7) is 3.96. The zero-order valence-electron chi connectivity index (χ0n) is 24.7. The number of ether oxygens (including phenoxy) is 1. The van der Waals surface area contributed by atoms with Crippen molar-refractivity contribution in [3.8, 4) is 17.3 Å². The zero-order chi connectivity index (χ0) is 31.9. The smallest absolute Gasteiger partial charge is 0.329 e. The van der Waals surface area contributed by atoms with Gasteiger partial charge in [-0.3, -0.25) is 0 Å². The van der Waals surface area contributed by atoms with Gasteiger partial charge in [0.15, 0.2) is 10.9 Å². The Bertz CT molecular complexity index is 1890. The Morgan fingerprint density at radius 2 is 1.86 bits per heavy atom. The van der Waals surface area contributed by atoms with Crippen LogP contribution in [0.5, 0.6) is 0 Å². The number of halogens is 2. The molecular formula is C30H30F2N6O4S2. The minimum Gasteiger partial charge on any atom is -0.467 e. The van der Waals surface area contributed by atoms with Gasteiger partial charge in [0, 0.05) is 49.0 Å². The standard InChI is InChI=1S/C30H30F2N6O4S2/c1-17(2)23-14-24(36(3)30-35-27(26(15-33)43-30)18-6-8-19(31)9-7-18)21-12-20(13-22(32)28(21)34-23)38-11-10-37(44(5,40)41)16-25(38)29(39)42-4/h6-9,12-14,17,25H,10-11,16H2,1-5H3. The van der Waals surface area contributed by atoms with Gasteiger partial charge in [0.25, 0.3) is 0 Å². The highest BCUT2D eigenvalue weighted by Crippen LogP contribution is 2.40. The Labute approximate surface area is 258 Å². The summed E-state index contributed by atoms with van der Waals surface area (Å²) in [5.74, 6) is -1.72. The molecule has 44 heavy (non-hydrogen) atoms. The fourth-order valence-electron chi connectivity index (χ4n) is 5.15. The van der Waals surface area contributed by atoms with Crippen molar-refractivity contribution in [1.82, 2.24) is 14.3 Å². The van der Waals surface area contributed by atoms with E-state index < -0.39 is 33.7 Å². The monoisotopic (exact) mass is 640 g/mol. The van der Waals surface area contributed by atoms with E-state index in [-0.39, 0.29) is 31.1 Å². The number of sulfonamides is 1. The number of piperazine rings is 1. The van der Waals surface area contributed by atoms with Gasteiger partial charge in [-0.2, -0.15) is 9.57 Å². The largest absolute Gasteiger partial charge is 0.467 e. The fourth-order valence-corrected chi connectivity index (χ4v) is 6.84. The molecule has 1 fully saturated rings. The number of carbonyl (C=O) groups is 1. The van der Waals surface area contributed by atoms with Crippen molar-refractivity contribution in [3.05, 3.63) is 64.7 Å². The Hall–Kier alpha value is -4.19. The maximum Gasteiger partial charge on any atom is 0.329 e. The summed E-state index contributed by atoms with van der Waals surface area (Å²) >= 11 is 1.14. The summed E-state index contributed by atoms with van der Waals surface area (Å²) in [4.78, 5) is 25.8. The molecular weight excluding hydrogens is 610 g/mol. The van der Waals surface area contributed by atoms with E-state index in [9.17, 15) is 22.9 Å². The molecule has 0 bridgehead atoms. The zero-order valence-corrected chi connectivity index (χ0v) is 26.3. The third-order valence-corrected chi connectivity index (χ3v) is 9.85. The number of nitrogens with zero attached hydrogens (tertiary/aromatic N) is 6. The highest BCUT2D eigenvalue weighted by atomic mass is 32.2. The molecule has 10 nitrogen and oxygen atoms in total. The van der Waals surface area contributed by atoms with Crippen LogP contribution in [0.2, 0.25) is 0 Å². The number of fused-ring (bicyclic) bond motifs is 1. The van der Waals surface area contributed by atoms with Crippen LogP contribution >= 0.6 is 11.3 Å². The number of esters is 1. The minimum absolute atomic E-state index is 0.0425. The first-order valence-electron chi connectivity index (χ1n) is 13.7. The first-order chi connectivity index (χ1) is 20.8. The molecule has 1 unspecified atom stereocenters. The molecule has 230 valence electrons. The number of hydrogen-bond donors (Lipinski definition) is 0. The van der Waals surface area contributed by atoms with Crippen molar-refractivity contribution in [1.29, 1.82) is 5.26 Å². The summed E-state index contributed by atoms with van der Waals surface area (Å²) in [6.07, 6.45) is 1.07. The van der Waals surface area contributed by atoms with E-state index in [1.165, 1.54) is 29.6 Å². The summed E-state index contributed by atoms with van der Waals surface area (Å²) < 4.78 is 60.2. The van der Waals surface area contributed by atoms with E-state index in [2.05, 4.69) is 11.1 Å². The number of methoxy groups -OCH3 is 1. The molecule has 4 aromatic rings. The van der Waals surface area contributed by atoms with Gasteiger partial charge in [0.1, 0.15) is 34.0 Å². The molecule has 0 N–H and O–H groups in total. The van der Waals surface area contributed by atoms with Crippen LogP contribution in [0.1, 0.15) is 30.3 Å². The molecule has 1 atom stereocenters. The molecule has 1 aliphatic rings. The first kappa shape index (κ1) is 31.2. The molecule has 3 heterocycles. The molecule has 2 aromatic heterocycles. The molecule has 14 heteroatoms. The SMILES string of the molecule is COC(=O)C1CN(S(C)(=O)=O)CCN1c1cc(F)c2nc(C(C)C)cc(N(C)c3nc(-c4ccc(F)cc4)c(C#N)s3)c2c1. The van der Waals surface area contributed by atoms with Gasteiger partial charge in [0.2, 0.25) is 10.0 Å². The Morgan fingerprint density at radius 1 is 1.16 bits per heavy atom. The van der Waals surface area contributed by atoms with E-state index in [1.807, 2.05) is 19.9 Å². The lowest BCUT2D eigenvalue weighted by atomic mass is 10.0. The normalized spacial score (nSPS) is 15.9. The fraction of sp³-hybridized carbons (Fsp3) is 0.333. The molecule has 0 saturated carbocycles. The van der Waals surface area contributed by atoms with Crippen molar-refractivity contribution in [2.75, 3.05) is 49.8 Å². The number of carbonyl (C=O) groups excluding carboxylic acids is 1. The van der Waals surface area contributed by atoms with Gasteiger partial charge >= 0.3 is 5.97 Å². The predicted molar refractivity (Wildman–Crippen MR) is 166 cm³/mol. The number of aromatic nitrogens is 2. The first-order valence-corrected chi connectivity index (χ1v) is 16.3. The third kappa shape index (κ3) is 5.95. The maximum absolute atomic E-state index is 15.9. The topological polar surface area (TPSA) is 120 Å². The summed E-state index contributed by atoms with van der Waals surface area (Å²) in [5.41, 5.74) is 2.65. The number of hydrogen-bond acceptors (Lipinski definition) is 10. The molecule has 0 amide bonds. The average molecular weight is 641 g/mol.